The molecule has 0 bridgehead atoms. The summed E-state index contributed by atoms with van der Waals surface area (Å²) in [7, 11) is 0. The van der Waals surface area contributed by atoms with Crippen LogP contribution in [-0.4, -0.2) is 6.54 Å². The van der Waals surface area contributed by atoms with Crippen molar-refractivity contribution in [2.45, 2.75) is 13.3 Å². The van der Waals surface area contributed by atoms with E-state index in [1.54, 1.807) is 0 Å². The molecule has 0 fully saturated rings. The van der Waals surface area contributed by atoms with E-state index >= 15 is 0 Å². The molecule has 0 spiro atoms. The first-order valence-corrected chi connectivity index (χ1v) is 6.08. The highest BCUT2D eigenvalue weighted by molar-refractivity contribution is 5.49. The van der Waals surface area contributed by atoms with Crippen molar-refractivity contribution in [3.8, 4) is 6.07 Å². The average molecular weight is 236 g/mol. The molecule has 2 heteroatoms. The Hall–Kier alpha value is -2.27. The van der Waals surface area contributed by atoms with Gasteiger partial charge in [-0.05, 0) is 42.7 Å². The Bertz CT molecular complexity index is 567. The van der Waals surface area contributed by atoms with Gasteiger partial charge in [0.2, 0.25) is 0 Å². The lowest BCUT2D eigenvalue weighted by molar-refractivity contribution is 1.01. The summed E-state index contributed by atoms with van der Waals surface area (Å²) in [5.41, 5.74) is 4.38. The summed E-state index contributed by atoms with van der Waals surface area (Å²) in [4.78, 5) is 0. The van der Waals surface area contributed by atoms with Crippen molar-refractivity contribution in [2.24, 2.45) is 0 Å². The van der Waals surface area contributed by atoms with Gasteiger partial charge in [0.25, 0.3) is 0 Å². The van der Waals surface area contributed by atoms with Crippen LogP contribution >= 0.6 is 0 Å². The molecular weight excluding hydrogens is 220 g/mol. The van der Waals surface area contributed by atoms with E-state index in [2.05, 4.69) is 42.6 Å². The van der Waals surface area contributed by atoms with Gasteiger partial charge < -0.3 is 5.32 Å². The monoisotopic (exact) mass is 236 g/mol. The van der Waals surface area contributed by atoms with Gasteiger partial charge >= 0.3 is 0 Å². The van der Waals surface area contributed by atoms with Crippen molar-refractivity contribution in [2.75, 3.05) is 11.9 Å². The predicted molar refractivity (Wildman–Crippen MR) is 74.5 cm³/mol. The molecule has 1 N–H and O–H groups in total. The molecule has 18 heavy (non-hydrogen) atoms. The highest BCUT2D eigenvalue weighted by Gasteiger charge is 1.98. The van der Waals surface area contributed by atoms with Gasteiger partial charge in [-0.2, -0.15) is 5.26 Å². The molecule has 90 valence electrons. The van der Waals surface area contributed by atoms with Gasteiger partial charge in [0.1, 0.15) is 0 Å². The van der Waals surface area contributed by atoms with Crippen LogP contribution in [0.15, 0.2) is 48.5 Å². The summed E-state index contributed by atoms with van der Waals surface area (Å²) in [5.74, 6) is 0. The Morgan fingerprint density at radius 3 is 2.72 bits per heavy atom. The average Bonchev–Trinajstić information content (AvgIpc) is 2.41. The number of nitrogens with one attached hydrogen (secondary N) is 1. The number of rotatable bonds is 4. The summed E-state index contributed by atoms with van der Waals surface area (Å²) in [6, 6.07) is 18.1. The van der Waals surface area contributed by atoms with Crippen LogP contribution in [-0.2, 0) is 6.42 Å². The molecule has 0 radical (unpaired) electrons. The van der Waals surface area contributed by atoms with Crippen molar-refractivity contribution in [1.29, 1.82) is 5.26 Å². The van der Waals surface area contributed by atoms with Crippen molar-refractivity contribution >= 4 is 5.69 Å². The van der Waals surface area contributed by atoms with E-state index in [1.807, 2.05) is 24.3 Å². The molecule has 2 aromatic rings. The number of benzene rings is 2. The van der Waals surface area contributed by atoms with E-state index in [1.165, 1.54) is 11.1 Å². The minimum atomic E-state index is 0.691. The Balaban J connectivity index is 1.93. The maximum absolute atomic E-state index is 8.82. The maximum atomic E-state index is 8.82. The minimum absolute atomic E-state index is 0.691. The van der Waals surface area contributed by atoms with Gasteiger partial charge in [0, 0.05) is 12.2 Å². The molecule has 2 rings (SSSR count). The Morgan fingerprint density at radius 1 is 1.11 bits per heavy atom. The zero-order valence-electron chi connectivity index (χ0n) is 10.5. The van der Waals surface area contributed by atoms with Crippen LogP contribution in [0.1, 0.15) is 16.7 Å². The topological polar surface area (TPSA) is 35.8 Å². The summed E-state index contributed by atoms with van der Waals surface area (Å²) in [6.07, 6.45) is 0.990. The molecular formula is C16H16N2. The van der Waals surface area contributed by atoms with Crippen molar-refractivity contribution in [3.05, 3.63) is 65.2 Å². The third-order valence-electron chi connectivity index (χ3n) is 2.98. The van der Waals surface area contributed by atoms with Gasteiger partial charge in [-0.1, -0.05) is 30.3 Å². The quantitative estimate of drug-likeness (QED) is 0.881. The van der Waals surface area contributed by atoms with E-state index in [4.69, 9.17) is 5.26 Å². The van der Waals surface area contributed by atoms with Crippen LogP contribution in [0, 0.1) is 18.3 Å². The SMILES string of the molecule is Cc1ccccc1CCNc1cccc(C#N)c1. The molecule has 0 saturated carbocycles. The Labute approximate surface area is 108 Å². The highest BCUT2D eigenvalue weighted by atomic mass is 14.9. The number of aryl methyl sites for hydroxylation is 1. The molecule has 0 aliphatic carbocycles. The number of anilines is 1. The zero-order chi connectivity index (χ0) is 12.8. The fourth-order valence-electron chi connectivity index (χ4n) is 1.93. The molecule has 2 aromatic carbocycles. The van der Waals surface area contributed by atoms with E-state index < -0.39 is 0 Å². The number of hydrogen-bond donors (Lipinski definition) is 1. The fourth-order valence-corrected chi connectivity index (χ4v) is 1.93. The van der Waals surface area contributed by atoms with E-state index in [9.17, 15) is 0 Å². The second-order valence-corrected chi connectivity index (χ2v) is 4.30. The third kappa shape index (κ3) is 3.11. The molecule has 0 unspecified atom stereocenters. The first kappa shape index (κ1) is 12.2. The lowest BCUT2D eigenvalue weighted by Crippen LogP contribution is -2.05. The van der Waals surface area contributed by atoms with Crippen LogP contribution in [0.2, 0.25) is 0 Å². The lowest BCUT2D eigenvalue weighted by atomic mass is 10.1. The first-order chi connectivity index (χ1) is 8.79. The second kappa shape index (κ2) is 5.88. The van der Waals surface area contributed by atoms with E-state index in [0.717, 1.165) is 18.7 Å². The molecule has 2 nitrogen and oxygen atoms in total. The minimum Gasteiger partial charge on any atom is -0.385 e. The van der Waals surface area contributed by atoms with Gasteiger partial charge in [0.15, 0.2) is 0 Å². The predicted octanol–water partition coefficient (Wildman–Crippen LogP) is 3.52. The maximum Gasteiger partial charge on any atom is 0.0992 e. The standard InChI is InChI=1S/C16H16N2/c1-13-5-2-3-7-15(13)9-10-18-16-8-4-6-14(11-16)12-17/h2-8,11,18H,9-10H2,1H3. The van der Waals surface area contributed by atoms with E-state index in [-0.39, 0.29) is 0 Å². The van der Waals surface area contributed by atoms with Crippen LogP contribution in [0.4, 0.5) is 5.69 Å². The number of nitrogens with zero attached hydrogens (tertiary/aromatic N) is 1. The van der Waals surface area contributed by atoms with Crippen LogP contribution < -0.4 is 5.32 Å². The molecule has 0 heterocycles. The number of nitriles is 1. The zero-order valence-corrected chi connectivity index (χ0v) is 10.5. The highest BCUT2D eigenvalue weighted by Crippen LogP contribution is 2.11. The van der Waals surface area contributed by atoms with E-state index in [0.29, 0.717) is 5.56 Å². The molecule has 0 aliphatic heterocycles. The van der Waals surface area contributed by atoms with Gasteiger partial charge in [-0.15, -0.1) is 0 Å². The second-order valence-electron chi connectivity index (χ2n) is 4.30. The summed E-state index contributed by atoms with van der Waals surface area (Å²) in [6.45, 7) is 3.01. The smallest absolute Gasteiger partial charge is 0.0992 e. The van der Waals surface area contributed by atoms with Crippen molar-refractivity contribution < 1.29 is 0 Å². The normalized spacial score (nSPS) is 9.78. The van der Waals surface area contributed by atoms with Crippen LogP contribution in [0.25, 0.3) is 0 Å². The molecule has 0 aliphatic rings. The molecule has 0 atom stereocenters. The Morgan fingerprint density at radius 2 is 1.94 bits per heavy atom. The molecule has 0 aromatic heterocycles. The van der Waals surface area contributed by atoms with Crippen molar-refractivity contribution in [3.63, 3.8) is 0 Å². The lowest BCUT2D eigenvalue weighted by Gasteiger charge is -2.08. The van der Waals surface area contributed by atoms with Gasteiger partial charge in [-0.3, -0.25) is 0 Å². The summed E-state index contributed by atoms with van der Waals surface area (Å²) >= 11 is 0. The molecule has 0 amide bonds. The fraction of sp³-hybridized carbons (Fsp3) is 0.188. The largest absolute Gasteiger partial charge is 0.385 e. The number of hydrogen-bond acceptors (Lipinski definition) is 2. The third-order valence-corrected chi connectivity index (χ3v) is 2.98. The van der Waals surface area contributed by atoms with Crippen molar-refractivity contribution in [1.82, 2.24) is 0 Å². The first-order valence-electron chi connectivity index (χ1n) is 6.08. The van der Waals surface area contributed by atoms with Gasteiger partial charge in [-0.25, -0.2) is 0 Å². The summed E-state index contributed by atoms with van der Waals surface area (Å²) < 4.78 is 0. The van der Waals surface area contributed by atoms with Gasteiger partial charge in [0.05, 0.1) is 11.6 Å². The Kier molecular flexibility index (Phi) is 3.98. The molecule has 0 saturated heterocycles. The van der Waals surface area contributed by atoms with Crippen LogP contribution in [0.3, 0.4) is 0 Å². The summed E-state index contributed by atoms with van der Waals surface area (Å²) in [5, 5.41) is 12.2. The van der Waals surface area contributed by atoms with Crippen LogP contribution in [0.5, 0.6) is 0 Å².